The van der Waals surface area contributed by atoms with Crippen LogP contribution in [-0.2, 0) is 0 Å². The molecule has 0 unspecified atom stereocenters. The van der Waals surface area contributed by atoms with Crippen LogP contribution >= 0.6 is 0 Å². The minimum atomic E-state index is -0.387. The van der Waals surface area contributed by atoms with Crippen LogP contribution in [0.5, 0.6) is 0 Å². The van der Waals surface area contributed by atoms with Gasteiger partial charge in [-0.2, -0.15) is 0 Å². The number of hydrogen-bond acceptors (Lipinski definition) is 0. The van der Waals surface area contributed by atoms with Crippen molar-refractivity contribution in [3.8, 4) is 89.0 Å². The van der Waals surface area contributed by atoms with Crippen LogP contribution in [0.4, 0.5) is 0 Å². The van der Waals surface area contributed by atoms with E-state index in [4.69, 9.17) is 6.85 Å². The van der Waals surface area contributed by atoms with Crippen LogP contribution in [0.1, 0.15) is 6.85 Å². The van der Waals surface area contributed by atoms with Gasteiger partial charge in [-0.25, -0.2) is 0 Å². The van der Waals surface area contributed by atoms with E-state index in [1.165, 1.54) is 153 Å². The molecule has 0 nitrogen and oxygen atoms in total. The van der Waals surface area contributed by atoms with Gasteiger partial charge in [0.1, 0.15) is 0 Å². The smallest absolute Gasteiger partial charge is 0.0622 e. The van der Waals surface area contributed by atoms with Gasteiger partial charge in [0.15, 0.2) is 0 Å². The Morgan fingerprint density at radius 1 is 0.127 bits per heavy atom. The van der Waals surface area contributed by atoms with Crippen molar-refractivity contribution in [2.75, 3.05) is 0 Å². The first-order valence-electron chi connectivity index (χ1n) is 40.2. The Morgan fingerprint density at radius 3 is 0.764 bits per heavy atom. The average Bonchev–Trinajstić information content (AvgIpc) is 0.713. The van der Waals surface area contributed by atoms with Gasteiger partial charge < -0.3 is 0 Å². The van der Waals surface area contributed by atoms with Crippen molar-refractivity contribution in [1.82, 2.24) is 0 Å². The van der Waals surface area contributed by atoms with Gasteiger partial charge in [0.05, 0.1) is 6.85 Å². The minimum absolute atomic E-state index is 0.194. The van der Waals surface area contributed by atoms with Crippen LogP contribution < -0.4 is 0 Å². The second-order valence-corrected chi connectivity index (χ2v) is 28.4. The normalized spacial score (nSPS) is 12.1. The van der Waals surface area contributed by atoms with Crippen molar-refractivity contribution in [2.24, 2.45) is 0 Å². The SMILES string of the molecule is [2H]c1c([2H])c([2H])c(-c2c3ccccc3c(-c3cc4ccccc4c4ccccc34)c3ccccc23)c([2H])c1[2H].c1ccc(-c2c3ccccc3c(-c3ccc4cc(-c5ccc6ccccc6c5)ccc4c3)c3ccccc23)cc1.c1ccc(-c2ccc3cc(-c4c5ccccc5c(-c5ccccc5)c5ccccc45)ccc3c2)cc1. The van der Waals surface area contributed by atoms with Crippen LogP contribution in [0.2, 0.25) is 0 Å². The number of rotatable bonds is 8. The highest BCUT2D eigenvalue weighted by Gasteiger charge is 2.22. The average molecular weight is 1400 g/mol. The zero-order valence-corrected chi connectivity index (χ0v) is 60.2. The lowest BCUT2D eigenvalue weighted by molar-refractivity contribution is 1.64. The summed E-state index contributed by atoms with van der Waals surface area (Å²) in [6.45, 7) is 0. The second kappa shape index (κ2) is 28.2. The molecule has 0 N–H and O–H groups in total. The van der Waals surface area contributed by atoms with E-state index < -0.39 is 0 Å². The Labute approximate surface area is 647 Å². The summed E-state index contributed by atoms with van der Waals surface area (Å²) in [6, 6.07) is 144. The van der Waals surface area contributed by atoms with E-state index in [0.29, 0.717) is 5.56 Å². The van der Waals surface area contributed by atoms with Gasteiger partial charge in [0, 0.05) is 0 Å². The third-order valence-corrected chi connectivity index (χ3v) is 22.2. The van der Waals surface area contributed by atoms with Gasteiger partial charge in [0.2, 0.25) is 0 Å². The predicted molar refractivity (Wildman–Crippen MR) is 475 cm³/mol. The lowest BCUT2D eigenvalue weighted by atomic mass is 9.84. The molecule has 22 rings (SSSR count). The maximum atomic E-state index is 8.77. The van der Waals surface area contributed by atoms with Gasteiger partial charge in [-0.05, 0) is 244 Å². The number of hydrogen-bond donors (Lipinski definition) is 0. The molecule has 0 heteroatoms. The summed E-state index contributed by atoms with van der Waals surface area (Å²) in [6.07, 6.45) is 0. The van der Waals surface area contributed by atoms with Gasteiger partial charge in [-0.15, -0.1) is 0 Å². The van der Waals surface area contributed by atoms with Gasteiger partial charge >= 0.3 is 0 Å². The van der Waals surface area contributed by atoms with Crippen molar-refractivity contribution >= 4 is 118 Å². The molecule has 0 aromatic heterocycles. The van der Waals surface area contributed by atoms with Gasteiger partial charge in [-0.3, -0.25) is 0 Å². The summed E-state index contributed by atoms with van der Waals surface area (Å²) in [5.74, 6) is 0. The highest BCUT2D eigenvalue weighted by molar-refractivity contribution is 6.27. The lowest BCUT2D eigenvalue weighted by Crippen LogP contribution is -1.92. The van der Waals surface area contributed by atoms with E-state index >= 15 is 0 Å². The third kappa shape index (κ3) is 11.8. The molecule has 0 saturated carbocycles. The van der Waals surface area contributed by atoms with Crippen molar-refractivity contribution in [3.05, 3.63) is 437 Å². The molecule has 22 aromatic rings. The van der Waals surface area contributed by atoms with E-state index in [0.717, 1.165) is 43.4 Å². The lowest BCUT2D eigenvalue weighted by Gasteiger charge is -2.19. The molecule has 0 radical (unpaired) electrons. The Balaban J connectivity index is 0.000000112. The summed E-state index contributed by atoms with van der Waals surface area (Å²) in [5, 5.41) is 26.2. The molecule has 0 heterocycles. The maximum absolute atomic E-state index is 8.77. The van der Waals surface area contributed by atoms with Crippen LogP contribution in [0.3, 0.4) is 0 Å². The molecule has 0 atom stereocenters. The van der Waals surface area contributed by atoms with E-state index in [1.54, 1.807) is 0 Å². The first-order chi connectivity index (χ1) is 56.7. The number of fused-ring (bicyclic) bond motifs is 12. The summed E-state index contributed by atoms with van der Waals surface area (Å²) in [7, 11) is 0. The van der Waals surface area contributed by atoms with Crippen molar-refractivity contribution in [2.45, 2.75) is 0 Å². The summed E-state index contributed by atoms with van der Waals surface area (Å²) in [4.78, 5) is 0. The Kier molecular flexibility index (Phi) is 15.4. The van der Waals surface area contributed by atoms with E-state index in [9.17, 15) is 0 Å². The monoisotopic (exact) mass is 1400 g/mol. The summed E-state index contributed by atoms with van der Waals surface area (Å²) in [5.41, 5.74) is 18.3. The Morgan fingerprint density at radius 2 is 0.373 bits per heavy atom. The Bertz CT molecular complexity index is 7440. The van der Waals surface area contributed by atoms with Crippen LogP contribution in [0.25, 0.3) is 208 Å². The second-order valence-electron chi connectivity index (χ2n) is 28.4. The minimum Gasteiger partial charge on any atom is -0.0622 e. The molecule has 0 saturated heterocycles. The first kappa shape index (κ1) is 59.9. The molecular weight excluding hydrogens is 1320 g/mol. The zero-order chi connectivity index (χ0) is 77.2. The van der Waals surface area contributed by atoms with Crippen LogP contribution in [-0.4, -0.2) is 0 Å². The third-order valence-electron chi connectivity index (χ3n) is 22.2. The molecule has 0 aliphatic heterocycles. The molecule has 0 aliphatic carbocycles. The van der Waals surface area contributed by atoms with Crippen molar-refractivity contribution in [1.29, 1.82) is 0 Å². The maximum Gasteiger partial charge on any atom is 0.0629 e. The topological polar surface area (TPSA) is 0 Å². The highest BCUT2D eigenvalue weighted by atomic mass is 14.3. The molecule has 110 heavy (non-hydrogen) atoms. The molecular formula is C110H72. The fourth-order valence-corrected chi connectivity index (χ4v) is 17.2. The molecule has 512 valence electrons. The highest BCUT2D eigenvalue weighted by Crippen LogP contribution is 2.49. The molecule has 0 fully saturated rings. The molecule has 0 amide bonds. The summed E-state index contributed by atoms with van der Waals surface area (Å²) < 4.78 is 42.3. The van der Waals surface area contributed by atoms with Crippen molar-refractivity contribution < 1.29 is 6.85 Å². The molecule has 0 bridgehead atoms. The van der Waals surface area contributed by atoms with Gasteiger partial charge in [0.25, 0.3) is 0 Å². The Hall–Kier alpha value is -14.3. The van der Waals surface area contributed by atoms with E-state index in [2.05, 4.69) is 370 Å². The van der Waals surface area contributed by atoms with Crippen LogP contribution in [0.15, 0.2) is 437 Å². The van der Waals surface area contributed by atoms with Crippen LogP contribution in [0, 0.1) is 0 Å². The number of benzene rings is 22. The summed E-state index contributed by atoms with van der Waals surface area (Å²) >= 11 is 0. The molecule has 0 spiro atoms. The van der Waals surface area contributed by atoms with Crippen molar-refractivity contribution in [3.63, 3.8) is 0 Å². The fourth-order valence-electron chi connectivity index (χ4n) is 17.2. The predicted octanol–water partition coefficient (Wildman–Crippen LogP) is 31.1. The largest absolute Gasteiger partial charge is 0.0629 e. The molecule has 0 aliphatic rings. The van der Waals surface area contributed by atoms with E-state index in [1.807, 2.05) is 36.4 Å². The van der Waals surface area contributed by atoms with E-state index in [-0.39, 0.29) is 35.8 Å². The first-order valence-corrected chi connectivity index (χ1v) is 37.7. The standard InChI is InChI=1S/C40H26.C36H24.C34H22/c1-2-11-28(12-3-1)39-35-14-6-8-16-37(35)40(38-17-9-7-15-36(38)39)34-23-22-32-25-31(20-21-33(32)26-34)30-19-18-27-10-4-5-13-29(27)24-30;1-3-11-25(12-4-1)27-19-20-29-24-30(22-21-28(29)23-27)36-33-17-9-7-15-31(33)35(26-13-5-2-6-14-26)32-16-8-10-18-34(32)36;1-2-12-23(13-3-1)33-28-18-8-10-20-30(28)34(31-21-11-9-19-29(31)33)32-22-24-14-4-5-15-25(24)26-16-6-7-17-27(26)32/h1-26H;1-24H;1-22H/i;;1D,2D,3D,12D,13D. The van der Waals surface area contributed by atoms with Gasteiger partial charge in [-0.1, -0.05) is 400 Å². The quantitative estimate of drug-likeness (QED) is 0.105. The fraction of sp³-hybridized carbons (Fsp3) is 0. The molecule has 22 aromatic carbocycles. The zero-order valence-electron chi connectivity index (χ0n) is 65.2.